The summed E-state index contributed by atoms with van der Waals surface area (Å²) in [6.07, 6.45) is 3.96. The lowest BCUT2D eigenvalue weighted by Gasteiger charge is -2.09. The smallest absolute Gasteiger partial charge is 0.128 e. The number of nitrogens with zero attached hydrogens (tertiary/aromatic N) is 1. The van der Waals surface area contributed by atoms with E-state index in [9.17, 15) is 0 Å². The van der Waals surface area contributed by atoms with E-state index in [1.165, 1.54) is 5.56 Å². The van der Waals surface area contributed by atoms with Crippen molar-refractivity contribution in [1.29, 1.82) is 0 Å². The first-order valence-corrected chi connectivity index (χ1v) is 4.97. The molecule has 0 aliphatic heterocycles. The van der Waals surface area contributed by atoms with Gasteiger partial charge in [0.05, 0.1) is 12.8 Å². The van der Waals surface area contributed by atoms with E-state index in [-0.39, 0.29) is 0 Å². The average Bonchev–Trinajstić information content (AvgIpc) is 2.26. The van der Waals surface area contributed by atoms with Gasteiger partial charge < -0.3 is 4.74 Å². The molecule has 0 N–H and O–H groups in total. The van der Waals surface area contributed by atoms with Crippen molar-refractivity contribution in [3.05, 3.63) is 41.5 Å². The number of aryl methyl sites for hydroxylation is 1. The molecule has 0 aliphatic carbocycles. The van der Waals surface area contributed by atoms with Crippen LogP contribution in [0.1, 0.15) is 18.1 Å². The fraction of sp³-hybridized carbons (Fsp3) is 0.308. The number of ether oxygens (including phenoxy) is 1. The lowest BCUT2D eigenvalue weighted by molar-refractivity contribution is 0.414. The zero-order valence-electron chi connectivity index (χ0n) is 9.74. The number of aliphatic imine (C=N–C) groups is 1. The third-order valence-electron chi connectivity index (χ3n) is 2.20. The molecular weight excluding hydrogens is 186 g/mol. The number of hydrogen-bond donors (Lipinski definition) is 0. The van der Waals surface area contributed by atoms with E-state index >= 15 is 0 Å². The predicted molar refractivity (Wildman–Crippen MR) is 65.0 cm³/mol. The average molecular weight is 203 g/mol. The summed E-state index contributed by atoms with van der Waals surface area (Å²) in [5, 5.41) is 0. The van der Waals surface area contributed by atoms with Crippen LogP contribution >= 0.6 is 0 Å². The third kappa shape index (κ3) is 2.69. The molecule has 0 bridgehead atoms. The van der Waals surface area contributed by atoms with Gasteiger partial charge in [-0.2, -0.15) is 0 Å². The summed E-state index contributed by atoms with van der Waals surface area (Å²) in [4.78, 5) is 4.25. The van der Waals surface area contributed by atoms with Crippen molar-refractivity contribution in [2.45, 2.75) is 13.8 Å². The first-order valence-electron chi connectivity index (χ1n) is 4.97. The fourth-order valence-electron chi connectivity index (χ4n) is 1.46. The molecule has 0 atom stereocenters. The Hall–Kier alpha value is -1.57. The van der Waals surface area contributed by atoms with E-state index in [0.717, 1.165) is 17.0 Å². The number of rotatable bonds is 3. The maximum atomic E-state index is 5.31. The Kier molecular flexibility index (Phi) is 4.10. The van der Waals surface area contributed by atoms with Crippen molar-refractivity contribution in [2.24, 2.45) is 4.99 Å². The van der Waals surface area contributed by atoms with Crippen LogP contribution in [0.3, 0.4) is 0 Å². The second-order valence-corrected chi connectivity index (χ2v) is 3.31. The van der Waals surface area contributed by atoms with Crippen LogP contribution in [0.5, 0.6) is 5.75 Å². The molecule has 1 aromatic rings. The van der Waals surface area contributed by atoms with Crippen LogP contribution in [-0.4, -0.2) is 19.9 Å². The number of methoxy groups -OCH3 is 1. The van der Waals surface area contributed by atoms with Gasteiger partial charge in [0.25, 0.3) is 0 Å². The van der Waals surface area contributed by atoms with Crippen LogP contribution in [-0.2, 0) is 0 Å². The monoisotopic (exact) mass is 203 g/mol. The van der Waals surface area contributed by atoms with Gasteiger partial charge in [-0.1, -0.05) is 17.7 Å². The molecule has 0 saturated heterocycles. The molecule has 0 radical (unpaired) electrons. The minimum Gasteiger partial charge on any atom is -0.496 e. The van der Waals surface area contributed by atoms with Crippen molar-refractivity contribution < 1.29 is 4.74 Å². The van der Waals surface area contributed by atoms with Crippen LogP contribution in [0.4, 0.5) is 0 Å². The lowest BCUT2D eigenvalue weighted by Crippen LogP contribution is -2.01. The Morgan fingerprint density at radius 3 is 2.67 bits per heavy atom. The summed E-state index contributed by atoms with van der Waals surface area (Å²) in [7, 11) is 3.47. The van der Waals surface area contributed by atoms with Gasteiger partial charge >= 0.3 is 0 Å². The quantitative estimate of drug-likeness (QED) is 0.692. The van der Waals surface area contributed by atoms with Crippen molar-refractivity contribution in [2.75, 3.05) is 14.2 Å². The van der Waals surface area contributed by atoms with Gasteiger partial charge in [-0.05, 0) is 32.1 Å². The molecule has 0 saturated carbocycles. The summed E-state index contributed by atoms with van der Waals surface area (Å²) in [5.41, 5.74) is 3.19. The molecule has 0 aliphatic rings. The maximum Gasteiger partial charge on any atom is 0.128 e. The molecule has 2 nitrogen and oxygen atoms in total. The molecule has 0 unspecified atom stereocenters. The molecule has 0 spiro atoms. The highest BCUT2D eigenvalue weighted by Gasteiger charge is 2.06. The van der Waals surface area contributed by atoms with Crippen molar-refractivity contribution >= 4 is 5.71 Å². The first kappa shape index (κ1) is 11.5. The molecule has 0 aromatic heterocycles. The van der Waals surface area contributed by atoms with E-state index < -0.39 is 0 Å². The Labute approximate surface area is 91.3 Å². The molecule has 0 heterocycles. The minimum atomic E-state index is 0.860. The van der Waals surface area contributed by atoms with Gasteiger partial charge in [-0.15, -0.1) is 0 Å². The standard InChI is InChI=1S/C13H17NO/c1-5-6-12(14-3)11-9-10(2)7-8-13(11)15-4/h5-9H,1-4H3/b6-5-,14-12?. The summed E-state index contributed by atoms with van der Waals surface area (Å²) in [6, 6.07) is 6.09. The van der Waals surface area contributed by atoms with Gasteiger partial charge in [-0.25, -0.2) is 0 Å². The third-order valence-corrected chi connectivity index (χ3v) is 2.20. The highest BCUT2D eigenvalue weighted by atomic mass is 16.5. The highest BCUT2D eigenvalue weighted by Crippen LogP contribution is 2.20. The SMILES string of the molecule is C/C=C\C(=NC)c1cc(C)ccc1OC. The van der Waals surface area contributed by atoms with Gasteiger partial charge in [0.15, 0.2) is 0 Å². The number of hydrogen-bond acceptors (Lipinski definition) is 2. The van der Waals surface area contributed by atoms with Crippen molar-refractivity contribution in [3.63, 3.8) is 0 Å². The van der Waals surface area contributed by atoms with Crippen LogP contribution < -0.4 is 4.74 Å². The Morgan fingerprint density at radius 1 is 1.40 bits per heavy atom. The van der Waals surface area contributed by atoms with E-state index in [0.29, 0.717) is 0 Å². The van der Waals surface area contributed by atoms with Crippen molar-refractivity contribution in [1.82, 2.24) is 0 Å². The molecule has 1 rings (SSSR count). The zero-order valence-corrected chi connectivity index (χ0v) is 9.74. The molecule has 0 fully saturated rings. The Bertz CT molecular complexity index is 392. The molecule has 80 valence electrons. The molecule has 2 heteroatoms. The Morgan fingerprint density at radius 2 is 2.13 bits per heavy atom. The summed E-state index contributed by atoms with van der Waals surface area (Å²) >= 11 is 0. The first-order chi connectivity index (χ1) is 7.22. The predicted octanol–water partition coefficient (Wildman–Crippen LogP) is 3.00. The van der Waals surface area contributed by atoms with E-state index in [4.69, 9.17) is 4.74 Å². The summed E-state index contributed by atoms with van der Waals surface area (Å²) in [5.74, 6) is 0.860. The van der Waals surface area contributed by atoms with Crippen LogP contribution in [0.15, 0.2) is 35.3 Å². The van der Waals surface area contributed by atoms with Crippen LogP contribution in [0.2, 0.25) is 0 Å². The zero-order chi connectivity index (χ0) is 11.3. The number of benzene rings is 1. The van der Waals surface area contributed by atoms with Gasteiger partial charge in [0.2, 0.25) is 0 Å². The summed E-state index contributed by atoms with van der Waals surface area (Å²) in [6.45, 7) is 4.04. The maximum absolute atomic E-state index is 5.31. The topological polar surface area (TPSA) is 21.6 Å². The second kappa shape index (κ2) is 5.35. The van der Waals surface area contributed by atoms with E-state index in [1.54, 1.807) is 14.2 Å². The molecule has 15 heavy (non-hydrogen) atoms. The minimum absolute atomic E-state index is 0.860. The molecule has 1 aromatic carbocycles. The summed E-state index contributed by atoms with van der Waals surface area (Å²) < 4.78 is 5.31. The van der Waals surface area contributed by atoms with Gasteiger partial charge in [-0.3, -0.25) is 4.99 Å². The fourth-order valence-corrected chi connectivity index (χ4v) is 1.46. The largest absolute Gasteiger partial charge is 0.496 e. The Balaban J connectivity index is 3.26. The molecule has 0 amide bonds. The van der Waals surface area contributed by atoms with E-state index in [1.807, 2.05) is 31.2 Å². The van der Waals surface area contributed by atoms with E-state index in [2.05, 4.69) is 18.0 Å². The lowest BCUT2D eigenvalue weighted by atomic mass is 10.1. The van der Waals surface area contributed by atoms with Gasteiger partial charge in [0, 0.05) is 12.6 Å². The highest BCUT2D eigenvalue weighted by molar-refractivity contribution is 6.10. The normalized spacial score (nSPS) is 12.1. The number of allylic oxidation sites excluding steroid dienone is 2. The van der Waals surface area contributed by atoms with Gasteiger partial charge in [0.1, 0.15) is 5.75 Å². The van der Waals surface area contributed by atoms with Crippen LogP contribution in [0, 0.1) is 6.92 Å². The van der Waals surface area contributed by atoms with Crippen LogP contribution in [0.25, 0.3) is 0 Å². The second-order valence-electron chi connectivity index (χ2n) is 3.31. The molecular formula is C13H17NO. The van der Waals surface area contributed by atoms with Crippen molar-refractivity contribution in [3.8, 4) is 5.75 Å².